The first-order valence-corrected chi connectivity index (χ1v) is 7.49. The summed E-state index contributed by atoms with van der Waals surface area (Å²) in [5, 5.41) is 17.2. The standard InChI is InChI=1S/C14H13BrN4O5/c1-8-12(15)13(19(22)23)17-18(8)7-11(20)16-10-6-4-3-5-9(10)14(21)24-2/h3-6H,7H2,1-2H3,(H,16,20). The molecule has 0 atom stereocenters. The number of nitrogens with one attached hydrogen (secondary N) is 1. The fourth-order valence-corrected chi connectivity index (χ4v) is 2.41. The van der Waals surface area contributed by atoms with Crippen molar-refractivity contribution in [1.82, 2.24) is 9.78 Å². The molecule has 24 heavy (non-hydrogen) atoms. The van der Waals surface area contributed by atoms with Gasteiger partial charge >= 0.3 is 11.8 Å². The van der Waals surface area contributed by atoms with Crippen LogP contribution in [0.4, 0.5) is 11.5 Å². The highest BCUT2D eigenvalue weighted by molar-refractivity contribution is 9.10. The van der Waals surface area contributed by atoms with E-state index in [1.165, 1.54) is 17.9 Å². The molecule has 1 aromatic heterocycles. The lowest BCUT2D eigenvalue weighted by Crippen LogP contribution is -2.21. The Morgan fingerprint density at radius 2 is 2.08 bits per heavy atom. The van der Waals surface area contributed by atoms with Gasteiger partial charge in [0, 0.05) is 0 Å². The largest absolute Gasteiger partial charge is 0.465 e. The van der Waals surface area contributed by atoms with Crippen molar-refractivity contribution >= 4 is 39.3 Å². The Morgan fingerprint density at radius 3 is 2.67 bits per heavy atom. The quantitative estimate of drug-likeness (QED) is 0.470. The molecule has 0 saturated heterocycles. The molecule has 0 bridgehead atoms. The number of halogens is 1. The predicted molar refractivity (Wildman–Crippen MR) is 87.7 cm³/mol. The van der Waals surface area contributed by atoms with Gasteiger partial charge in [-0.05, 0) is 39.9 Å². The molecule has 1 amide bonds. The molecule has 9 nitrogen and oxygen atoms in total. The van der Waals surface area contributed by atoms with Gasteiger partial charge in [-0.1, -0.05) is 12.1 Å². The van der Waals surface area contributed by atoms with Gasteiger partial charge in [-0.25, -0.2) is 4.79 Å². The van der Waals surface area contributed by atoms with E-state index < -0.39 is 16.8 Å². The molecule has 126 valence electrons. The SMILES string of the molecule is COC(=O)c1ccccc1NC(=O)Cn1nc([N+](=O)[O-])c(Br)c1C. The summed E-state index contributed by atoms with van der Waals surface area (Å²) in [5.74, 6) is -1.44. The fourth-order valence-electron chi connectivity index (χ4n) is 1.98. The van der Waals surface area contributed by atoms with Gasteiger partial charge in [0.05, 0.1) is 29.2 Å². The third-order valence-electron chi connectivity index (χ3n) is 3.19. The van der Waals surface area contributed by atoms with Gasteiger partial charge in [0.2, 0.25) is 5.91 Å². The normalized spacial score (nSPS) is 10.3. The molecule has 0 radical (unpaired) electrons. The van der Waals surface area contributed by atoms with Crippen LogP contribution >= 0.6 is 15.9 Å². The van der Waals surface area contributed by atoms with Crippen LogP contribution in [-0.2, 0) is 16.1 Å². The van der Waals surface area contributed by atoms with Crippen LogP contribution in [0.5, 0.6) is 0 Å². The first-order chi connectivity index (χ1) is 11.3. The minimum Gasteiger partial charge on any atom is -0.465 e. The van der Waals surface area contributed by atoms with E-state index in [2.05, 4.69) is 31.1 Å². The zero-order valence-electron chi connectivity index (χ0n) is 12.8. The zero-order chi connectivity index (χ0) is 17.9. The van der Waals surface area contributed by atoms with Crippen LogP contribution in [0, 0.1) is 17.0 Å². The van der Waals surface area contributed by atoms with Gasteiger partial charge in [0.1, 0.15) is 11.0 Å². The molecule has 1 N–H and O–H groups in total. The van der Waals surface area contributed by atoms with Crippen molar-refractivity contribution in [3.05, 3.63) is 50.1 Å². The maximum atomic E-state index is 12.2. The number of aromatic nitrogens is 2. The molecule has 2 rings (SSSR count). The summed E-state index contributed by atoms with van der Waals surface area (Å²) >= 11 is 3.08. The Labute approximate surface area is 144 Å². The lowest BCUT2D eigenvalue weighted by molar-refractivity contribution is -0.390. The van der Waals surface area contributed by atoms with Gasteiger partial charge in [-0.15, -0.1) is 0 Å². The van der Waals surface area contributed by atoms with Crippen molar-refractivity contribution in [1.29, 1.82) is 0 Å². The molecule has 0 fully saturated rings. The van der Waals surface area contributed by atoms with Crippen LogP contribution in [0.25, 0.3) is 0 Å². The van der Waals surface area contributed by atoms with Crippen molar-refractivity contribution in [2.45, 2.75) is 13.5 Å². The first kappa shape index (κ1) is 17.6. The summed E-state index contributed by atoms with van der Waals surface area (Å²) in [6, 6.07) is 6.36. The van der Waals surface area contributed by atoms with Gasteiger partial charge in [-0.3, -0.25) is 4.79 Å². The van der Waals surface area contributed by atoms with Crippen molar-refractivity contribution in [2.24, 2.45) is 0 Å². The smallest absolute Gasteiger partial charge is 0.404 e. The fraction of sp³-hybridized carbons (Fsp3) is 0.214. The number of ether oxygens (including phenoxy) is 1. The summed E-state index contributed by atoms with van der Waals surface area (Å²) < 4.78 is 6.08. The Bertz CT molecular complexity index is 817. The summed E-state index contributed by atoms with van der Waals surface area (Å²) in [6.07, 6.45) is 0. The van der Waals surface area contributed by atoms with Gasteiger partial charge in [0.25, 0.3) is 0 Å². The lowest BCUT2D eigenvalue weighted by atomic mass is 10.2. The Morgan fingerprint density at radius 1 is 1.42 bits per heavy atom. The number of amides is 1. The number of rotatable bonds is 5. The Kier molecular flexibility index (Phi) is 5.29. The third kappa shape index (κ3) is 3.59. The van der Waals surface area contributed by atoms with Crippen molar-refractivity contribution < 1.29 is 19.2 Å². The molecular weight excluding hydrogens is 384 g/mol. The molecular formula is C14H13BrN4O5. The van der Waals surface area contributed by atoms with E-state index >= 15 is 0 Å². The molecule has 2 aromatic rings. The van der Waals surface area contributed by atoms with E-state index in [1.54, 1.807) is 25.1 Å². The second kappa shape index (κ2) is 7.21. The van der Waals surface area contributed by atoms with Crippen LogP contribution in [0.3, 0.4) is 0 Å². The van der Waals surface area contributed by atoms with Crippen molar-refractivity contribution in [3.8, 4) is 0 Å². The van der Waals surface area contributed by atoms with Crippen molar-refractivity contribution in [3.63, 3.8) is 0 Å². The minimum absolute atomic E-state index is 0.206. The Hall–Kier alpha value is -2.75. The van der Waals surface area contributed by atoms with E-state index in [1.807, 2.05) is 0 Å². The van der Waals surface area contributed by atoms with Crippen molar-refractivity contribution in [2.75, 3.05) is 12.4 Å². The van der Waals surface area contributed by atoms with Crippen LogP contribution in [0.15, 0.2) is 28.7 Å². The number of hydrogen-bond acceptors (Lipinski definition) is 6. The van der Waals surface area contributed by atoms with E-state index in [9.17, 15) is 19.7 Å². The number of nitrogens with zero attached hydrogens (tertiary/aromatic N) is 3. The van der Waals surface area contributed by atoms with E-state index in [0.717, 1.165) is 0 Å². The number of benzene rings is 1. The van der Waals surface area contributed by atoms with Crippen LogP contribution in [0.2, 0.25) is 0 Å². The average Bonchev–Trinajstić information content (AvgIpc) is 2.83. The summed E-state index contributed by atoms with van der Waals surface area (Å²) in [5.41, 5.74) is 0.934. The molecule has 0 aliphatic rings. The van der Waals surface area contributed by atoms with Gasteiger partial charge in [0.15, 0.2) is 0 Å². The number of carbonyl (C=O) groups excluding carboxylic acids is 2. The molecule has 10 heteroatoms. The molecule has 1 aromatic carbocycles. The molecule has 0 aliphatic carbocycles. The Balaban J connectivity index is 2.20. The minimum atomic E-state index is -0.641. The number of hydrogen-bond donors (Lipinski definition) is 1. The number of esters is 1. The van der Waals surface area contributed by atoms with E-state index in [4.69, 9.17) is 0 Å². The maximum Gasteiger partial charge on any atom is 0.404 e. The molecule has 0 saturated carbocycles. The van der Waals surface area contributed by atoms with Crippen LogP contribution in [-0.4, -0.2) is 33.7 Å². The predicted octanol–water partition coefficient (Wildman–Crippen LogP) is 2.29. The summed E-state index contributed by atoms with van der Waals surface area (Å²) in [6.45, 7) is 1.35. The highest BCUT2D eigenvalue weighted by Gasteiger charge is 2.25. The first-order valence-electron chi connectivity index (χ1n) is 6.69. The number of para-hydroxylation sites is 1. The van der Waals surface area contributed by atoms with Crippen LogP contribution < -0.4 is 5.32 Å². The lowest BCUT2D eigenvalue weighted by Gasteiger charge is -2.09. The van der Waals surface area contributed by atoms with Gasteiger partial charge < -0.3 is 20.2 Å². The monoisotopic (exact) mass is 396 g/mol. The van der Waals surface area contributed by atoms with E-state index in [-0.39, 0.29) is 28.1 Å². The highest BCUT2D eigenvalue weighted by Crippen LogP contribution is 2.27. The molecule has 0 aliphatic heterocycles. The summed E-state index contributed by atoms with van der Waals surface area (Å²) in [7, 11) is 1.24. The maximum absolute atomic E-state index is 12.2. The number of methoxy groups -OCH3 is 1. The number of carbonyl (C=O) groups is 2. The molecule has 1 heterocycles. The van der Waals surface area contributed by atoms with Crippen LogP contribution in [0.1, 0.15) is 16.1 Å². The second-order valence-corrected chi connectivity index (χ2v) is 5.52. The average molecular weight is 397 g/mol. The van der Waals surface area contributed by atoms with Gasteiger partial charge in [-0.2, -0.15) is 4.68 Å². The van der Waals surface area contributed by atoms with E-state index in [0.29, 0.717) is 5.69 Å². The third-order valence-corrected chi connectivity index (χ3v) is 4.12. The topological polar surface area (TPSA) is 116 Å². The molecule has 0 spiro atoms. The number of nitro groups is 1. The number of anilines is 1. The highest BCUT2D eigenvalue weighted by atomic mass is 79.9. The second-order valence-electron chi connectivity index (χ2n) is 4.72. The summed E-state index contributed by atoms with van der Waals surface area (Å²) in [4.78, 5) is 34.1. The zero-order valence-corrected chi connectivity index (χ0v) is 14.4. The molecule has 0 unspecified atom stereocenters.